The molecule has 0 saturated carbocycles. The van der Waals surface area contributed by atoms with Crippen LogP contribution in [0.25, 0.3) is 22.0 Å². The Balaban J connectivity index is 1.16. The molecule has 38 heavy (non-hydrogen) atoms. The number of thioether (sulfide) groups is 1. The van der Waals surface area contributed by atoms with Gasteiger partial charge in [0.25, 0.3) is 0 Å². The van der Waals surface area contributed by atoms with Crippen LogP contribution in [0, 0.1) is 11.8 Å². The fraction of sp³-hybridized carbons (Fsp3) is 0.172. The Labute approximate surface area is 228 Å². The maximum atomic E-state index is 12.7. The van der Waals surface area contributed by atoms with E-state index in [1.807, 2.05) is 35.7 Å². The van der Waals surface area contributed by atoms with E-state index < -0.39 is 17.8 Å². The van der Waals surface area contributed by atoms with Crippen molar-refractivity contribution in [2.75, 3.05) is 16.4 Å². The van der Waals surface area contributed by atoms with Crippen LogP contribution in [0.2, 0.25) is 0 Å². The number of aromatic nitrogens is 1. The van der Waals surface area contributed by atoms with Crippen LogP contribution in [0.4, 0.5) is 10.8 Å². The lowest BCUT2D eigenvalue weighted by Crippen LogP contribution is -2.34. The molecular formula is C29H25N3O4S2. The van der Waals surface area contributed by atoms with Gasteiger partial charge in [0, 0.05) is 21.5 Å². The smallest absolute Gasteiger partial charge is 0.307 e. The fourth-order valence-electron chi connectivity index (χ4n) is 4.39. The molecule has 2 unspecified atom stereocenters. The summed E-state index contributed by atoms with van der Waals surface area (Å²) in [7, 11) is 0. The average Bonchev–Trinajstić information content (AvgIpc) is 3.40. The summed E-state index contributed by atoms with van der Waals surface area (Å²) in [6.45, 7) is 0. The molecule has 192 valence electrons. The van der Waals surface area contributed by atoms with Gasteiger partial charge in [-0.05, 0) is 47.9 Å². The average molecular weight is 544 g/mol. The fourth-order valence-corrected chi connectivity index (χ4v) is 5.88. The van der Waals surface area contributed by atoms with Crippen molar-refractivity contribution in [1.29, 1.82) is 0 Å². The first kappa shape index (κ1) is 25.7. The van der Waals surface area contributed by atoms with Crippen LogP contribution in [0.3, 0.4) is 0 Å². The van der Waals surface area contributed by atoms with Gasteiger partial charge in [-0.2, -0.15) is 0 Å². The number of amides is 2. The van der Waals surface area contributed by atoms with Gasteiger partial charge in [0.2, 0.25) is 11.8 Å². The molecular weight excluding hydrogens is 518 g/mol. The molecule has 3 N–H and O–H groups in total. The van der Waals surface area contributed by atoms with Crippen molar-refractivity contribution in [2.45, 2.75) is 17.7 Å². The van der Waals surface area contributed by atoms with Gasteiger partial charge in [0.15, 0.2) is 5.13 Å². The standard InChI is InChI=1S/C29H25N3O4S2/c33-26(32-29-31-25(16-38-29)20-13-12-18-6-1-2-7-19(18)14-20)17-37-22-9-5-8-21(15-22)30-27(34)23-10-3-4-11-24(23)28(35)36/h1-9,12-16,23-24H,10-11,17H2,(H,30,34)(H,35,36)(H,31,32,33). The number of rotatable bonds is 8. The van der Waals surface area contributed by atoms with Gasteiger partial charge in [-0.25, -0.2) is 4.98 Å². The van der Waals surface area contributed by atoms with Crippen LogP contribution in [0.15, 0.2) is 89.2 Å². The van der Waals surface area contributed by atoms with Gasteiger partial charge in [-0.15, -0.1) is 23.1 Å². The van der Waals surface area contributed by atoms with Gasteiger partial charge in [0.05, 0.1) is 23.3 Å². The number of allylic oxidation sites excluding steroid dienone is 2. The van der Waals surface area contributed by atoms with E-state index in [1.54, 1.807) is 24.3 Å². The Morgan fingerprint density at radius 3 is 2.53 bits per heavy atom. The first-order valence-corrected chi connectivity index (χ1v) is 14.0. The highest BCUT2D eigenvalue weighted by molar-refractivity contribution is 8.00. The molecule has 3 aromatic carbocycles. The van der Waals surface area contributed by atoms with Gasteiger partial charge >= 0.3 is 5.97 Å². The lowest BCUT2D eigenvalue weighted by molar-refractivity contribution is -0.146. The largest absolute Gasteiger partial charge is 0.481 e. The quantitative estimate of drug-likeness (QED) is 0.178. The van der Waals surface area contributed by atoms with E-state index in [0.717, 1.165) is 26.9 Å². The predicted octanol–water partition coefficient (Wildman–Crippen LogP) is 6.30. The number of nitrogens with zero attached hydrogens (tertiary/aromatic N) is 1. The summed E-state index contributed by atoms with van der Waals surface area (Å²) in [5.74, 6) is -2.62. The topological polar surface area (TPSA) is 108 Å². The highest BCUT2D eigenvalue weighted by Crippen LogP contribution is 2.30. The summed E-state index contributed by atoms with van der Waals surface area (Å²) in [5.41, 5.74) is 2.37. The zero-order chi connectivity index (χ0) is 26.5. The summed E-state index contributed by atoms with van der Waals surface area (Å²) in [5, 5.41) is 19.9. The minimum atomic E-state index is -0.963. The second-order valence-electron chi connectivity index (χ2n) is 8.95. The zero-order valence-corrected chi connectivity index (χ0v) is 21.9. The molecule has 0 fully saturated rings. The van der Waals surface area contributed by atoms with E-state index in [9.17, 15) is 19.5 Å². The third-order valence-corrected chi connectivity index (χ3v) is 8.11. The number of carboxylic acid groups (broad SMARTS) is 1. The number of hydrogen-bond acceptors (Lipinski definition) is 6. The molecule has 0 bridgehead atoms. The lowest BCUT2D eigenvalue weighted by atomic mass is 9.82. The monoisotopic (exact) mass is 543 g/mol. The number of hydrogen-bond donors (Lipinski definition) is 3. The molecule has 1 aliphatic rings. The third-order valence-electron chi connectivity index (χ3n) is 6.35. The number of nitrogens with one attached hydrogen (secondary N) is 2. The number of anilines is 2. The van der Waals surface area contributed by atoms with E-state index in [-0.39, 0.29) is 17.6 Å². The molecule has 0 aliphatic heterocycles. The molecule has 1 aliphatic carbocycles. The van der Waals surface area contributed by atoms with E-state index in [0.29, 0.717) is 23.7 Å². The molecule has 1 aromatic heterocycles. The van der Waals surface area contributed by atoms with Crippen molar-refractivity contribution in [3.8, 4) is 11.3 Å². The summed E-state index contributed by atoms with van der Waals surface area (Å²) < 4.78 is 0. The predicted molar refractivity (Wildman–Crippen MR) is 152 cm³/mol. The van der Waals surface area contributed by atoms with Crippen molar-refractivity contribution in [1.82, 2.24) is 4.98 Å². The highest BCUT2D eigenvalue weighted by atomic mass is 32.2. The first-order valence-electron chi connectivity index (χ1n) is 12.1. The van der Waals surface area contributed by atoms with Gasteiger partial charge in [-0.3, -0.25) is 14.4 Å². The van der Waals surface area contributed by atoms with Crippen molar-refractivity contribution >= 4 is 62.5 Å². The molecule has 7 nitrogen and oxygen atoms in total. The zero-order valence-electron chi connectivity index (χ0n) is 20.3. The maximum Gasteiger partial charge on any atom is 0.307 e. The minimum Gasteiger partial charge on any atom is -0.481 e. The summed E-state index contributed by atoms with van der Waals surface area (Å²) in [6, 6.07) is 21.5. The Hall–Kier alpha value is -3.95. The molecule has 0 saturated heterocycles. The summed E-state index contributed by atoms with van der Waals surface area (Å²) in [6.07, 6.45) is 4.40. The van der Waals surface area contributed by atoms with Gasteiger partial charge in [0.1, 0.15) is 0 Å². The second-order valence-corrected chi connectivity index (χ2v) is 10.9. The Bertz CT molecular complexity index is 1530. The van der Waals surface area contributed by atoms with Gasteiger partial charge in [-0.1, -0.05) is 54.6 Å². The van der Waals surface area contributed by atoms with E-state index in [1.165, 1.54) is 23.1 Å². The minimum absolute atomic E-state index is 0.177. The molecule has 1 heterocycles. The molecule has 9 heteroatoms. The number of carboxylic acids is 1. The molecule has 4 aromatic rings. The van der Waals surface area contributed by atoms with Crippen molar-refractivity contribution in [3.63, 3.8) is 0 Å². The summed E-state index contributed by atoms with van der Waals surface area (Å²) >= 11 is 2.72. The Morgan fingerprint density at radius 1 is 0.921 bits per heavy atom. The number of fused-ring (bicyclic) bond motifs is 1. The maximum absolute atomic E-state index is 12.7. The first-order chi connectivity index (χ1) is 18.5. The van der Waals surface area contributed by atoms with Crippen LogP contribution >= 0.6 is 23.1 Å². The molecule has 0 radical (unpaired) electrons. The van der Waals surface area contributed by atoms with Crippen LogP contribution in [0.5, 0.6) is 0 Å². The van der Waals surface area contributed by atoms with Crippen molar-refractivity contribution in [2.24, 2.45) is 11.8 Å². The van der Waals surface area contributed by atoms with Crippen molar-refractivity contribution in [3.05, 3.63) is 84.3 Å². The second kappa shape index (κ2) is 11.6. The SMILES string of the molecule is O=C(CSc1cccc(NC(=O)C2CC=CCC2C(=O)O)c1)Nc1nc(-c2ccc3ccccc3c2)cs1. The number of carbonyl (C=O) groups is 3. The van der Waals surface area contributed by atoms with E-state index in [2.05, 4.69) is 39.9 Å². The molecule has 2 atom stereocenters. The third kappa shape index (κ3) is 6.12. The van der Waals surface area contributed by atoms with E-state index >= 15 is 0 Å². The molecule has 2 amide bonds. The van der Waals surface area contributed by atoms with Crippen LogP contribution in [0.1, 0.15) is 12.8 Å². The summed E-state index contributed by atoms with van der Waals surface area (Å²) in [4.78, 5) is 42.2. The van der Waals surface area contributed by atoms with E-state index in [4.69, 9.17) is 0 Å². The van der Waals surface area contributed by atoms with Gasteiger partial charge < -0.3 is 15.7 Å². The van der Waals surface area contributed by atoms with Crippen LogP contribution < -0.4 is 10.6 Å². The Morgan fingerprint density at radius 2 is 1.71 bits per heavy atom. The van der Waals surface area contributed by atoms with Crippen LogP contribution in [-0.2, 0) is 14.4 Å². The Kier molecular flexibility index (Phi) is 7.86. The number of aliphatic carboxylic acids is 1. The van der Waals surface area contributed by atoms with Crippen molar-refractivity contribution < 1.29 is 19.5 Å². The highest BCUT2D eigenvalue weighted by Gasteiger charge is 2.33. The molecule has 5 rings (SSSR count). The number of thiazole rings is 1. The lowest BCUT2D eigenvalue weighted by Gasteiger charge is -2.24. The van der Waals surface area contributed by atoms with Crippen LogP contribution in [-0.4, -0.2) is 33.6 Å². The molecule has 0 spiro atoms. The number of carbonyl (C=O) groups excluding carboxylic acids is 2. The number of benzene rings is 3. The normalized spacial score (nSPS) is 16.7.